The van der Waals surface area contributed by atoms with Gasteiger partial charge in [0.15, 0.2) is 0 Å². The lowest BCUT2D eigenvalue weighted by atomic mass is 10.0. The number of aliphatic carboxylic acids is 1. The highest BCUT2D eigenvalue weighted by Gasteiger charge is 2.41. The first-order valence-electron chi connectivity index (χ1n) is 12.7. The molecule has 0 amide bonds. The summed E-state index contributed by atoms with van der Waals surface area (Å²) >= 11 is 0. The lowest BCUT2D eigenvalue weighted by Crippen LogP contribution is -2.37. The zero-order valence-corrected chi connectivity index (χ0v) is 22.2. The van der Waals surface area contributed by atoms with Gasteiger partial charge in [0, 0.05) is 18.0 Å². The highest BCUT2D eigenvalue weighted by Crippen LogP contribution is 2.36. The van der Waals surface area contributed by atoms with E-state index in [4.69, 9.17) is 4.74 Å². The summed E-state index contributed by atoms with van der Waals surface area (Å²) in [6.07, 6.45) is 0.912. The Morgan fingerprint density at radius 2 is 1.71 bits per heavy atom. The van der Waals surface area contributed by atoms with Crippen molar-refractivity contribution in [1.29, 1.82) is 0 Å². The standard InChI is InChI=1S/C29H31N3O5S/c1-20(2)37-24-12-14-25(15-13-24)38(35,36)31-19-23(17-22(31)16-21-8-4-3-5-9-21)32-28-11-7-6-10-26(28)27(30-32)18-29(33)34/h3-15,20,22-23H,16-19H2,1-2H3,(H,33,34)/t22-,23+/m0/s1. The second kappa shape index (κ2) is 10.6. The first kappa shape index (κ1) is 25.9. The summed E-state index contributed by atoms with van der Waals surface area (Å²) in [5.41, 5.74) is 2.34. The van der Waals surface area contributed by atoms with Gasteiger partial charge in [0.25, 0.3) is 0 Å². The lowest BCUT2D eigenvalue weighted by molar-refractivity contribution is -0.136. The molecule has 38 heavy (non-hydrogen) atoms. The van der Waals surface area contributed by atoms with Gasteiger partial charge in [-0.15, -0.1) is 0 Å². The molecular formula is C29H31N3O5S. The Kier molecular flexibility index (Phi) is 7.23. The van der Waals surface area contributed by atoms with Gasteiger partial charge < -0.3 is 9.84 Å². The van der Waals surface area contributed by atoms with Crippen molar-refractivity contribution < 1.29 is 23.1 Å². The van der Waals surface area contributed by atoms with Crippen LogP contribution in [0, 0.1) is 0 Å². The van der Waals surface area contributed by atoms with Crippen LogP contribution >= 0.6 is 0 Å². The summed E-state index contributed by atoms with van der Waals surface area (Å²) in [5, 5.41) is 14.9. The third-order valence-electron chi connectivity index (χ3n) is 6.81. The molecule has 0 aliphatic carbocycles. The number of nitrogens with zero attached hydrogens (tertiary/aromatic N) is 3. The molecule has 4 aromatic rings. The van der Waals surface area contributed by atoms with Crippen molar-refractivity contribution in [3.8, 4) is 5.75 Å². The van der Waals surface area contributed by atoms with Crippen LogP contribution in [0.25, 0.3) is 10.9 Å². The summed E-state index contributed by atoms with van der Waals surface area (Å²) in [6, 6.07) is 23.4. The average molecular weight is 534 g/mol. The first-order chi connectivity index (χ1) is 18.2. The van der Waals surface area contributed by atoms with Gasteiger partial charge >= 0.3 is 5.97 Å². The van der Waals surface area contributed by atoms with Gasteiger partial charge in [-0.3, -0.25) is 9.48 Å². The number of hydrogen-bond acceptors (Lipinski definition) is 5. The van der Waals surface area contributed by atoms with E-state index in [1.807, 2.05) is 73.1 Å². The number of hydrogen-bond donors (Lipinski definition) is 1. The van der Waals surface area contributed by atoms with Crippen LogP contribution in [-0.2, 0) is 27.7 Å². The summed E-state index contributed by atoms with van der Waals surface area (Å²) in [5.74, 6) is -0.337. The van der Waals surface area contributed by atoms with Gasteiger partial charge in [-0.05, 0) is 62.6 Å². The van der Waals surface area contributed by atoms with E-state index in [-0.39, 0.29) is 36.0 Å². The van der Waals surface area contributed by atoms with Crippen molar-refractivity contribution in [2.75, 3.05) is 6.54 Å². The molecule has 1 aliphatic rings. The molecule has 2 atom stereocenters. The largest absolute Gasteiger partial charge is 0.491 e. The fourth-order valence-electron chi connectivity index (χ4n) is 5.21. The molecule has 198 valence electrons. The van der Waals surface area contributed by atoms with Crippen molar-refractivity contribution in [1.82, 2.24) is 14.1 Å². The maximum absolute atomic E-state index is 13.9. The Morgan fingerprint density at radius 1 is 1.03 bits per heavy atom. The SMILES string of the molecule is CC(C)Oc1ccc(S(=O)(=O)N2C[C@H](n3nc(CC(=O)O)c4ccccc43)C[C@@H]2Cc2ccccc2)cc1. The predicted molar refractivity (Wildman–Crippen MR) is 145 cm³/mol. The molecule has 0 bridgehead atoms. The van der Waals surface area contributed by atoms with Gasteiger partial charge in [-0.1, -0.05) is 48.5 Å². The second-order valence-electron chi connectivity index (χ2n) is 9.92. The number of carbonyl (C=O) groups is 1. The van der Waals surface area contributed by atoms with Crippen LogP contribution < -0.4 is 4.74 Å². The molecule has 8 nitrogen and oxygen atoms in total. The molecule has 2 heterocycles. The van der Waals surface area contributed by atoms with E-state index in [9.17, 15) is 18.3 Å². The Balaban J connectivity index is 1.51. The van der Waals surface area contributed by atoms with Crippen LogP contribution in [0.2, 0.25) is 0 Å². The van der Waals surface area contributed by atoms with Crippen molar-refractivity contribution >= 4 is 26.9 Å². The number of fused-ring (bicyclic) bond motifs is 1. The number of ether oxygens (including phenoxy) is 1. The molecule has 3 aromatic carbocycles. The van der Waals surface area contributed by atoms with Crippen LogP contribution in [0.15, 0.2) is 83.8 Å². The molecule has 1 aliphatic heterocycles. The number of rotatable bonds is 9. The second-order valence-corrected chi connectivity index (χ2v) is 11.8. The summed E-state index contributed by atoms with van der Waals surface area (Å²) in [6.45, 7) is 4.08. The Morgan fingerprint density at radius 3 is 2.39 bits per heavy atom. The zero-order valence-electron chi connectivity index (χ0n) is 21.4. The third-order valence-corrected chi connectivity index (χ3v) is 8.75. The van der Waals surface area contributed by atoms with Crippen LogP contribution in [0.4, 0.5) is 0 Å². The van der Waals surface area contributed by atoms with E-state index >= 15 is 0 Å². The molecule has 1 fully saturated rings. The lowest BCUT2D eigenvalue weighted by Gasteiger charge is -2.24. The number of benzene rings is 3. The van der Waals surface area contributed by atoms with E-state index in [1.54, 1.807) is 28.6 Å². The fourth-order valence-corrected chi connectivity index (χ4v) is 6.88. The molecule has 5 rings (SSSR count). The predicted octanol–water partition coefficient (Wildman–Crippen LogP) is 4.70. The number of sulfonamides is 1. The van der Waals surface area contributed by atoms with Gasteiger partial charge in [-0.25, -0.2) is 8.42 Å². The molecule has 9 heteroatoms. The molecule has 0 saturated carbocycles. The molecule has 1 aromatic heterocycles. The highest BCUT2D eigenvalue weighted by molar-refractivity contribution is 7.89. The van der Waals surface area contributed by atoms with Gasteiger partial charge in [0.1, 0.15) is 5.75 Å². The van der Waals surface area contributed by atoms with Crippen LogP contribution in [0.5, 0.6) is 5.75 Å². The highest BCUT2D eigenvalue weighted by atomic mass is 32.2. The van der Waals surface area contributed by atoms with Gasteiger partial charge in [0.05, 0.1) is 34.7 Å². The normalized spacial score (nSPS) is 18.3. The van der Waals surface area contributed by atoms with E-state index in [0.717, 1.165) is 16.5 Å². The Labute approximate surface area is 222 Å². The quantitative estimate of drug-likeness (QED) is 0.335. The van der Waals surface area contributed by atoms with Gasteiger partial charge in [-0.2, -0.15) is 9.40 Å². The maximum Gasteiger partial charge on any atom is 0.309 e. The summed E-state index contributed by atoms with van der Waals surface area (Å²) in [4.78, 5) is 11.7. The molecule has 1 N–H and O–H groups in total. The molecule has 0 spiro atoms. The molecule has 0 unspecified atom stereocenters. The zero-order chi connectivity index (χ0) is 26.9. The minimum atomic E-state index is -3.82. The van der Waals surface area contributed by atoms with E-state index in [1.165, 1.54) is 0 Å². The van der Waals surface area contributed by atoms with Crippen LogP contribution in [0.3, 0.4) is 0 Å². The summed E-state index contributed by atoms with van der Waals surface area (Å²) in [7, 11) is -3.82. The minimum Gasteiger partial charge on any atom is -0.491 e. The summed E-state index contributed by atoms with van der Waals surface area (Å²) < 4.78 is 37.0. The van der Waals surface area contributed by atoms with Crippen molar-refractivity contribution in [2.45, 2.75) is 56.2 Å². The van der Waals surface area contributed by atoms with E-state index in [0.29, 0.717) is 24.3 Å². The van der Waals surface area contributed by atoms with Crippen molar-refractivity contribution in [2.24, 2.45) is 0 Å². The molecular weight excluding hydrogens is 502 g/mol. The average Bonchev–Trinajstić information content (AvgIpc) is 3.46. The third kappa shape index (κ3) is 5.30. The Hall–Kier alpha value is -3.69. The monoisotopic (exact) mass is 533 g/mol. The topological polar surface area (TPSA) is 102 Å². The first-order valence-corrected chi connectivity index (χ1v) is 14.2. The molecule has 1 saturated heterocycles. The van der Waals surface area contributed by atoms with E-state index in [2.05, 4.69) is 5.10 Å². The van der Waals surface area contributed by atoms with Gasteiger partial charge in [0.2, 0.25) is 10.0 Å². The fraction of sp³-hybridized carbons (Fsp3) is 0.310. The van der Waals surface area contributed by atoms with Crippen molar-refractivity contribution in [3.05, 3.63) is 90.1 Å². The number of aromatic nitrogens is 2. The maximum atomic E-state index is 13.9. The number of carboxylic acid groups (broad SMARTS) is 1. The van der Waals surface area contributed by atoms with Crippen LogP contribution in [0.1, 0.15) is 37.6 Å². The minimum absolute atomic E-state index is 0.0121. The van der Waals surface area contributed by atoms with Crippen LogP contribution in [-0.4, -0.2) is 52.3 Å². The smallest absolute Gasteiger partial charge is 0.309 e. The number of para-hydroxylation sites is 1. The molecule has 0 radical (unpaired) electrons. The number of carboxylic acids is 1. The van der Waals surface area contributed by atoms with E-state index < -0.39 is 16.0 Å². The Bertz CT molecular complexity index is 1530. The van der Waals surface area contributed by atoms with Crippen molar-refractivity contribution in [3.63, 3.8) is 0 Å².